The third kappa shape index (κ3) is 3.07. The van der Waals surface area contributed by atoms with E-state index in [9.17, 15) is 14.7 Å². The number of rotatable bonds is 4. The summed E-state index contributed by atoms with van der Waals surface area (Å²) in [7, 11) is 2.46. The van der Waals surface area contributed by atoms with E-state index in [0.29, 0.717) is 5.52 Å². The van der Waals surface area contributed by atoms with Crippen molar-refractivity contribution in [2.45, 2.75) is 12.5 Å². The van der Waals surface area contributed by atoms with Gasteiger partial charge >= 0.3 is 12.1 Å². The summed E-state index contributed by atoms with van der Waals surface area (Å²) in [6, 6.07) is 4.21. The number of amides is 1. The predicted octanol–water partition coefficient (Wildman–Crippen LogP) is 1.31. The van der Waals surface area contributed by atoms with Crippen molar-refractivity contribution in [2.75, 3.05) is 14.2 Å². The number of esters is 1. The summed E-state index contributed by atoms with van der Waals surface area (Å²) in [5.41, 5.74) is 1.35. The zero-order valence-corrected chi connectivity index (χ0v) is 11.7. The molecule has 1 aromatic heterocycles. The number of carbonyl (C=O) groups is 2. The molecule has 0 unspecified atom stereocenters. The third-order valence-electron chi connectivity index (χ3n) is 3.17. The second kappa shape index (κ2) is 6.17. The van der Waals surface area contributed by atoms with Crippen LogP contribution in [0, 0.1) is 0 Å². The Labute approximate surface area is 120 Å². The number of ether oxygens (including phenoxy) is 2. The van der Waals surface area contributed by atoms with Gasteiger partial charge in [0.25, 0.3) is 0 Å². The zero-order chi connectivity index (χ0) is 15.4. The average Bonchev–Trinajstić information content (AvgIpc) is 2.90. The number of methoxy groups -OCH3 is 2. The van der Waals surface area contributed by atoms with E-state index in [1.807, 2.05) is 6.07 Å². The molecular formula is C14H16N2O5. The SMILES string of the molecule is COC(=O)N[C@@H](Cc1c[nH]c2c(O)cccc12)C(=O)OC. The molecular weight excluding hydrogens is 276 g/mol. The molecule has 1 amide bonds. The van der Waals surface area contributed by atoms with E-state index < -0.39 is 18.1 Å². The zero-order valence-electron chi connectivity index (χ0n) is 11.7. The Morgan fingerprint density at radius 2 is 2.10 bits per heavy atom. The van der Waals surface area contributed by atoms with E-state index in [-0.39, 0.29) is 12.2 Å². The van der Waals surface area contributed by atoms with Crippen LogP contribution < -0.4 is 5.32 Å². The summed E-state index contributed by atoms with van der Waals surface area (Å²) in [6.45, 7) is 0. The number of alkyl carbamates (subject to hydrolysis) is 1. The first-order chi connectivity index (χ1) is 10.1. The van der Waals surface area contributed by atoms with Crippen LogP contribution in [0.25, 0.3) is 10.9 Å². The van der Waals surface area contributed by atoms with E-state index in [2.05, 4.69) is 19.8 Å². The van der Waals surface area contributed by atoms with Gasteiger partial charge in [-0.1, -0.05) is 12.1 Å². The Balaban J connectivity index is 2.28. The van der Waals surface area contributed by atoms with Crippen LogP contribution in [0.5, 0.6) is 5.75 Å². The Morgan fingerprint density at radius 1 is 1.33 bits per heavy atom. The number of nitrogens with one attached hydrogen (secondary N) is 2. The highest BCUT2D eigenvalue weighted by Gasteiger charge is 2.23. The molecule has 0 fully saturated rings. The number of hydrogen-bond acceptors (Lipinski definition) is 5. The van der Waals surface area contributed by atoms with Crippen LogP contribution >= 0.6 is 0 Å². The Bertz CT molecular complexity index is 664. The number of H-pyrrole nitrogens is 1. The fraction of sp³-hybridized carbons (Fsp3) is 0.286. The first-order valence-corrected chi connectivity index (χ1v) is 6.27. The van der Waals surface area contributed by atoms with Gasteiger partial charge in [-0.3, -0.25) is 0 Å². The summed E-state index contributed by atoms with van der Waals surface area (Å²) in [6.07, 6.45) is 1.18. The number of para-hydroxylation sites is 1. The van der Waals surface area contributed by atoms with Crippen molar-refractivity contribution in [3.05, 3.63) is 30.0 Å². The monoisotopic (exact) mass is 292 g/mol. The van der Waals surface area contributed by atoms with Gasteiger partial charge in [-0.05, 0) is 11.6 Å². The fourth-order valence-electron chi connectivity index (χ4n) is 2.12. The lowest BCUT2D eigenvalue weighted by Crippen LogP contribution is -2.42. The van der Waals surface area contributed by atoms with Crippen LogP contribution in [0.15, 0.2) is 24.4 Å². The van der Waals surface area contributed by atoms with Crippen LogP contribution in [0.2, 0.25) is 0 Å². The smallest absolute Gasteiger partial charge is 0.407 e. The molecule has 0 bridgehead atoms. The van der Waals surface area contributed by atoms with Gasteiger partial charge in [-0.25, -0.2) is 9.59 Å². The summed E-state index contributed by atoms with van der Waals surface area (Å²) in [4.78, 5) is 26.0. The third-order valence-corrected chi connectivity index (χ3v) is 3.17. The van der Waals surface area contributed by atoms with E-state index in [1.165, 1.54) is 14.2 Å². The fourth-order valence-corrected chi connectivity index (χ4v) is 2.12. The summed E-state index contributed by atoms with van der Waals surface area (Å²) in [5, 5.41) is 12.9. The lowest BCUT2D eigenvalue weighted by molar-refractivity contribution is -0.142. The van der Waals surface area contributed by atoms with Gasteiger partial charge in [0.1, 0.15) is 11.8 Å². The quantitative estimate of drug-likeness (QED) is 0.738. The Kier molecular flexibility index (Phi) is 4.32. The van der Waals surface area contributed by atoms with Crippen LogP contribution in [0.4, 0.5) is 4.79 Å². The molecule has 0 saturated carbocycles. The van der Waals surface area contributed by atoms with E-state index in [0.717, 1.165) is 10.9 Å². The van der Waals surface area contributed by atoms with Crippen LogP contribution in [0.1, 0.15) is 5.56 Å². The second-order valence-electron chi connectivity index (χ2n) is 4.43. The number of benzene rings is 1. The molecule has 2 aromatic rings. The normalized spacial score (nSPS) is 11.9. The van der Waals surface area contributed by atoms with Crippen molar-refractivity contribution in [3.63, 3.8) is 0 Å². The predicted molar refractivity (Wildman–Crippen MR) is 75.0 cm³/mol. The van der Waals surface area contributed by atoms with Crippen molar-refractivity contribution in [3.8, 4) is 5.75 Å². The summed E-state index contributed by atoms with van der Waals surface area (Å²) in [5.74, 6) is -0.454. The number of carbonyl (C=O) groups excluding carboxylic acids is 2. The lowest BCUT2D eigenvalue weighted by Gasteiger charge is -2.15. The van der Waals surface area contributed by atoms with Gasteiger partial charge < -0.3 is 24.9 Å². The number of phenolic OH excluding ortho intramolecular Hbond substituents is 1. The molecule has 0 aliphatic heterocycles. The number of aromatic amines is 1. The second-order valence-corrected chi connectivity index (χ2v) is 4.43. The maximum Gasteiger partial charge on any atom is 0.407 e. The minimum absolute atomic E-state index is 0.120. The number of aromatic nitrogens is 1. The molecule has 7 heteroatoms. The lowest BCUT2D eigenvalue weighted by atomic mass is 10.0. The van der Waals surface area contributed by atoms with Gasteiger partial charge in [-0.2, -0.15) is 0 Å². The molecule has 2 rings (SSSR count). The first-order valence-electron chi connectivity index (χ1n) is 6.27. The molecule has 1 aromatic carbocycles. The minimum Gasteiger partial charge on any atom is -0.506 e. The molecule has 0 spiro atoms. The van der Waals surface area contributed by atoms with E-state index in [1.54, 1.807) is 18.3 Å². The first kappa shape index (κ1) is 14.7. The van der Waals surface area contributed by atoms with Crippen molar-refractivity contribution in [1.29, 1.82) is 0 Å². The molecule has 0 aliphatic carbocycles. The van der Waals surface area contributed by atoms with Crippen molar-refractivity contribution in [2.24, 2.45) is 0 Å². The van der Waals surface area contributed by atoms with Crippen LogP contribution in [0.3, 0.4) is 0 Å². The molecule has 112 valence electrons. The molecule has 3 N–H and O–H groups in total. The molecule has 0 radical (unpaired) electrons. The van der Waals surface area contributed by atoms with Gasteiger partial charge in [-0.15, -0.1) is 0 Å². The molecule has 21 heavy (non-hydrogen) atoms. The van der Waals surface area contributed by atoms with Gasteiger partial charge in [0, 0.05) is 18.0 Å². The van der Waals surface area contributed by atoms with Crippen molar-refractivity contribution in [1.82, 2.24) is 10.3 Å². The van der Waals surface area contributed by atoms with Crippen LogP contribution in [-0.4, -0.2) is 42.4 Å². The van der Waals surface area contributed by atoms with Gasteiger partial charge in [0.15, 0.2) is 0 Å². The van der Waals surface area contributed by atoms with Crippen LogP contribution in [-0.2, 0) is 20.7 Å². The molecule has 7 nitrogen and oxygen atoms in total. The molecule has 1 heterocycles. The van der Waals surface area contributed by atoms with E-state index in [4.69, 9.17) is 0 Å². The molecule has 1 atom stereocenters. The summed E-state index contributed by atoms with van der Waals surface area (Å²) >= 11 is 0. The average molecular weight is 292 g/mol. The van der Waals surface area contributed by atoms with Gasteiger partial charge in [0.05, 0.1) is 19.7 Å². The van der Waals surface area contributed by atoms with Crippen molar-refractivity contribution < 1.29 is 24.2 Å². The minimum atomic E-state index is -0.871. The number of phenols is 1. The van der Waals surface area contributed by atoms with E-state index >= 15 is 0 Å². The highest BCUT2D eigenvalue weighted by Crippen LogP contribution is 2.26. The number of fused-ring (bicyclic) bond motifs is 1. The highest BCUT2D eigenvalue weighted by atomic mass is 16.5. The Hall–Kier alpha value is -2.70. The Morgan fingerprint density at radius 3 is 2.76 bits per heavy atom. The highest BCUT2D eigenvalue weighted by molar-refractivity contribution is 5.89. The maximum absolute atomic E-state index is 11.7. The molecule has 0 aliphatic rings. The van der Waals surface area contributed by atoms with Crippen molar-refractivity contribution >= 4 is 23.0 Å². The molecule has 0 saturated heterocycles. The topological polar surface area (TPSA) is 101 Å². The standard InChI is InChI=1S/C14H16N2O5/c1-20-13(18)10(16-14(19)21-2)6-8-7-15-12-9(8)4-3-5-11(12)17/h3-5,7,10,15,17H,6H2,1-2H3,(H,16,19)/t10-/m0/s1. The number of aromatic hydroxyl groups is 1. The largest absolute Gasteiger partial charge is 0.506 e. The summed E-state index contributed by atoms with van der Waals surface area (Å²) < 4.78 is 9.17. The number of hydrogen-bond donors (Lipinski definition) is 3. The van der Waals surface area contributed by atoms with Gasteiger partial charge in [0.2, 0.25) is 0 Å². The maximum atomic E-state index is 11.7.